The summed E-state index contributed by atoms with van der Waals surface area (Å²) >= 11 is 0. The zero-order valence-electron chi connectivity index (χ0n) is 12.4. The largest absolute Gasteiger partial charge is 0.0911 e. The molecule has 0 atom stereocenters. The summed E-state index contributed by atoms with van der Waals surface area (Å²) in [5.41, 5.74) is 6.35. The molecule has 0 aliphatic heterocycles. The molecule has 3 rings (SSSR count). The minimum Gasteiger partial charge on any atom is -0.0911 e. The Morgan fingerprint density at radius 1 is 1.15 bits per heavy atom. The molecule has 0 amide bonds. The zero-order chi connectivity index (χ0) is 14.3. The third kappa shape index (κ3) is 2.22. The normalized spacial score (nSPS) is 17.4. The van der Waals surface area contributed by atoms with Crippen molar-refractivity contribution in [2.75, 3.05) is 0 Å². The third-order valence-corrected chi connectivity index (χ3v) is 4.03. The molecule has 0 N–H and O–H groups in total. The second-order valence-corrected chi connectivity index (χ2v) is 5.93. The Hall–Kier alpha value is -2.08. The molecule has 0 unspecified atom stereocenters. The van der Waals surface area contributed by atoms with Crippen LogP contribution >= 0.6 is 0 Å². The number of fused-ring (bicyclic) bond motifs is 1. The molecule has 100 valence electrons. The predicted octanol–water partition coefficient (Wildman–Crippen LogP) is 3.66. The van der Waals surface area contributed by atoms with E-state index in [2.05, 4.69) is 75.9 Å². The van der Waals surface area contributed by atoms with Gasteiger partial charge in [0.1, 0.15) is 0 Å². The number of rotatable bonds is 2. The smallest absolute Gasteiger partial charge is 0.0178 e. The standard InChI is InChI=1S/C20H20/c1-13(2)18-9-15(4)20(11-18)12-19-10-17-7-5-6-16(17)8-14(19)3/h5-13H,4H2,1-3H3/b19-12-. The predicted molar refractivity (Wildman–Crippen MR) is 88.5 cm³/mol. The second-order valence-electron chi connectivity index (χ2n) is 5.93. The molecule has 20 heavy (non-hydrogen) atoms. The molecule has 2 aliphatic rings. The van der Waals surface area contributed by atoms with Crippen LogP contribution in [0.25, 0.3) is 18.2 Å². The highest BCUT2D eigenvalue weighted by Crippen LogP contribution is 2.27. The first-order valence-electron chi connectivity index (χ1n) is 7.18. The van der Waals surface area contributed by atoms with Crippen LogP contribution in [0.2, 0.25) is 0 Å². The minimum atomic E-state index is 0.552. The molecule has 0 radical (unpaired) electrons. The summed E-state index contributed by atoms with van der Waals surface area (Å²) in [5, 5.41) is 2.61. The van der Waals surface area contributed by atoms with Gasteiger partial charge >= 0.3 is 0 Å². The van der Waals surface area contributed by atoms with Gasteiger partial charge in [-0.2, -0.15) is 0 Å². The van der Waals surface area contributed by atoms with Crippen LogP contribution in [0.5, 0.6) is 0 Å². The van der Waals surface area contributed by atoms with E-state index in [9.17, 15) is 0 Å². The zero-order valence-corrected chi connectivity index (χ0v) is 12.4. The molecule has 0 fully saturated rings. The van der Waals surface area contributed by atoms with Crippen LogP contribution in [0.3, 0.4) is 0 Å². The molecule has 0 saturated heterocycles. The van der Waals surface area contributed by atoms with E-state index >= 15 is 0 Å². The van der Waals surface area contributed by atoms with Crippen molar-refractivity contribution in [1.82, 2.24) is 0 Å². The van der Waals surface area contributed by atoms with Gasteiger partial charge in [0.2, 0.25) is 0 Å². The van der Waals surface area contributed by atoms with Crippen molar-refractivity contribution in [3.05, 3.63) is 75.2 Å². The van der Waals surface area contributed by atoms with E-state index in [1.807, 2.05) is 0 Å². The molecule has 0 aromatic heterocycles. The van der Waals surface area contributed by atoms with Crippen molar-refractivity contribution < 1.29 is 0 Å². The molecule has 0 saturated carbocycles. The Morgan fingerprint density at radius 2 is 1.95 bits per heavy atom. The lowest BCUT2D eigenvalue weighted by Crippen LogP contribution is -2.14. The molecule has 0 heteroatoms. The molecule has 0 bridgehead atoms. The molecule has 1 aromatic rings. The Morgan fingerprint density at radius 3 is 2.65 bits per heavy atom. The first-order chi connectivity index (χ1) is 9.54. The maximum Gasteiger partial charge on any atom is -0.0178 e. The topological polar surface area (TPSA) is 0 Å². The highest BCUT2D eigenvalue weighted by atomic mass is 14.2. The van der Waals surface area contributed by atoms with E-state index in [0.29, 0.717) is 5.92 Å². The summed E-state index contributed by atoms with van der Waals surface area (Å²) in [7, 11) is 0. The van der Waals surface area contributed by atoms with E-state index in [1.54, 1.807) is 0 Å². The lowest BCUT2D eigenvalue weighted by molar-refractivity contribution is 0.794. The summed E-state index contributed by atoms with van der Waals surface area (Å²) in [6, 6.07) is 4.53. The first-order valence-corrected chi connectivity index (χ1v) is 7.18. The van der Waals surface area contributed by atoms with Gasteiger partial charge in [-0.1, -0.05) is 56.9 Å². The number of allylic oxidation sites excluding steroid dienone is 6. The van der Waals surface area contributed by atoms with Gasteiger partial charge in [0.15, 0.2) is 0 Å². The third-order valence-electron chi connectivity index (χ3n) is 4.03. The van der Waals surface area contributed by atoms with Gasteiger partial charge in [-0.3, -0.25) is 0 Å². The van der Waals surface area contributed by atoms with Gasteiger partial charge in [0, 0.05) is 0 Å². The van der Waals surface area contributed by atoms with Gasteiger partial charge < -0.3 is 0 Å². The fourth-order valence-corrected chi connectivity index (χ4v) is 2.70. The summed E-state index contributed by atoms with van der Waals surface area (Å²) in [4.78, 5) is 0. The average molecular weight is 260 g/mol. The maximum absolute atomic E-state index is 4.17. The minimum absolute atomic E-state index is 0.552. The van der Waals surface area contributed by atoms with Crippen LogP contribution in [0.4, 0.5) is 0 Å². The fraction of sp³-hybridized carbons (Fsp3) is 0.200. The lowest BCUT2D eigenvalue weighted by atomic mass is 10.0. The molecular formula is C20H20. The second kappa shape index (κ2) is 4.79. The van der Waals surface area contributed by atoms with Gasteiger partial charge in [-0.05, 0) is 63.3 Å². The van der Waals surface area contributed by atoms with Gasteiger partial charge in [-0.25, -0.2) is 0 Å². The van der Waals surface area contributed by atoms with E-state index < -0.39 is 0 Å². The number of hydrogen-bond donors (Lipinski definition) is 0. The SMILES string of the molecule is C=C1C=C(C(C)C)C=C1/C=c1/cc2c(cc1C)=CC=C2. The fourth-order valence-electron chi connectivity index (χ4n) is 2.70. The van der Waals surface area contributed by atoms with Crippen LogP contribution in [-0.2, 0) is 0 Å². The van der Waals surface area contributed by atoms with Crippen molar-refractivity contribution in [3.63, 3.8) is 0 Å². The van der Waals surface area contributed by atoms with E-state index in [0.717, 1.165) is 5.57 Å². The molecule has 1 aromatic carbocycles. The van der Waals surface area contributed by atoms with Crippen molar-refractivity contribution in [2.45, 2.75) is 20.8 Å². The molecule has 0 spiro atoms. The Bertz CT molecular complexity index is 793. The van der Waals surface area contributed by atoms with E-state index in [1.165, 1.54) is 32.7 Å². The van der Waals surface area contributed by atoms with Crippen LogP contribution < -0.4 is 10.4 Å². The summed E-state index contributed by atoms with van der Waals surface area (Å²) in [5.74, 6) is 0.552. The first kappa shape index (κ1) is 12.9. The van der Waals surface area contributed by atoms with Crippen LogP contribution in [0.1, 0.15) is 25.0 Å². The number of aryl methyl sites for hydroxylation is 1. The quantitative estimate of drug-likeness (QED) is 0.761. The number of hydrogen-bond acceptors (Lipinski definition) is 0. The molecule has 2 aliphatic carbocycles. The molecular weight excluding hydrogens is 240 g/mol. The van der Waals surface area contributed by atoms with Crippen molar-refractivity contribution in [2.24, 2.45) is 5.92 Å². The molecule has 0 heterocycles. The van der Waals surface area contributed by atoms with Crippen molar-refractivity contribution >= 4 is 18.2 Å². The highest BCUT2D eigenvalue weighted by molar-refractivity contribution is 5.71. The summed E-state index contributed by atoms with van der Waals surface area (Å²) in [6.45, 7) is 10.8. The van der Waals surface area contributed by atoms with Gasteiger partial charge in [0.25, 0.3) is 0 Å². The van der Waals surface area contributed by atoms with E-state index in [4.69, 9.17) is 0 Å². The van der Waals surface area contributed by atoms with Crippen LogP contribution in [0.15, 0.2) is 53.7 Å². The van der Waals surface area contributed by atoms with Crippen molar-refractivity contribution in [3.8, 4) is 0 Å². The van der Waals surface area contributed by atoms with Crippen molar-refractivity contribution in [1.29, 1.82) is 0 Å². The van der Waals surface area contributed by atoms with Crippen LogP contribution in [0, 0.1) is 12.8 Å². The Balaban J connectivity index is 2.07. The monoisotopic (exact) mass is 260 g/mol. The molecule has 0 nitrogen and oxygen atoms in total. The average Bonchev–Trinajstić information content (AvgIpc) is 2.97. The van der Waals surface area contributed by atoms with Gasteiger partial charge in [-0.15, -0.1) is 0 Å². The summed E-state index contributed by atoms with van der Waals surface area (Å²) < 4.78 is 0. The number of benzene rings is 1. The Labute approximate surface area is 120 Å². The van der Waals surface area contributed by atoms with Crippen LogP contribution in [-0.4, -0.2) is 0 Å². The van der Waals surface area contributed by atoms with Gasteiger partial charge in [0.05, 0.1) is 0 Å². The highest BCUT2D eigenvalue weighted by Gasteiger charge is 2.11. The summed E-state index contributed by atoms with van der Waals surface area (Å²) in [6.07, 6.45) is 13.2. The lowest BCUT2D eigenvalue weighted by Gasteiger charge is -2.01. The maximum atomic E-state index is 4.17. The Kier molecular flexibility index (Phi) is 3.10. The van der Waals surface area contributed by atoms with E-state index in [-0.39, 0.29) is 0 Å².